The molecule has 0 atom stereocenters. The van der Waals surface area contributed by atoms with Gasteiger partial charge in [-0.1, -0.05) is 0 Å². The fourth-order valence-corrected chi connectivity index (χ4v) is 2.41. The summed E-state index contributed by atoms with van der Waals surface area (Å²) in [7, 11) is 6.18. The van der Waals surface area contributed by atoms with Crippen LogP contribution >= 0.6 is 0 Å². The van der Waals surface area contributed by atoms with E-state index in [-0.39, 0.29) is 0 Å². The second-order valence-electron chi connectivity index (χ2n) is 5.09. The first-order valence-corrected chi connectivity index (χ1v) is 6.55. The van der Waals surface area contributed by atoms with E-state index in [4.69, 9.17) is 0 Å². The molecule has 1 aliphatic heterocycles. The third kappa shape index (κ3) is 2.90. The number of piperidine rings is 1. The van der Waals surface area contributed by atoms with Gasteiger partial charge in [0.25, 0.3) is 0 Å². The zero-order valence-electron chi connectivity index (χ0n) is 11.8. The second-order valence-corrected chi connectivity index (χ2v) is 5.09. The fraction of sp³-hybridized carbons (Fsp3) is 0.692. The molecule has 0 radical (unpaired) electrons. The van der Waals surface area contributed by atoms with Gasteiger partial charge in [-0.05, 0) is 39.9 Å². The predicted molar refractivity (Wildman–Crippen MR) is 75.2 cm³/mol. The molecule has 0 aliphatic carbocycles. The van der Waals surface area contributed by atoms with Gasteiger partial charge in [0.15, 0.2) is 0 Å². The van der Waals surface area contributed by atoms with E-state index in [9.17, 15) is 0 Å². The lowest BCUT2D eigenvalue weighted by molar-refractivity contribution is 0.252. The molecule has 1 aromatic heterocycles. The molecular formula is C13H23N5. The van der Waals surface area contributed by atoms with Crippen LogP contribution < -0.4 is 10.2 Å². The molecule has 0 unspecified atom stereocenters. The Morgan fingerprint density at radius 3 is 2.61 bits per heavy atom. The molecule has 0 bridgehead atoms. The van der Waals surface area contributed by atoms with Crippen molar-refractivity contribution in [3.05, 3.63) is 11.8 Å². The van der Waals surface area contributed by atoms with Crippen LogP contribution in [0.5, 0.6) is 0 Å². The number of rotatable bonds is 3. The average molecular weight is 249 g/mol. The summed E-state index contributed by atoms with van der Waals surface area (Å²) >= 11 is 0. The number of nitrogens with zero attached hydrogens (tertiary/aromatic N) is 4. The molecule has 1 fully saturated rings. The molecule has 1 N–H and O–H groups in total. The summed E-state index contributed by atoms with van der Waals surface area (Å²) in [6.45, 7) is 4.34. The van der Waals surface area contributed by atoms with Crippen LogP contribution in [0.4, 0.5) is 11.8 Å². The minimum absolute atomic E-state index is 0.584. The first-order valence-electron chi connectivity index (χ1n) is 6.55. The Morgan fingerprint density at radius 1 is 1.33 bits per heavy atom. The van der Waals surface area contributed by atoms with Crippen LogP contribution in [0.1, 0.15) is 18.5 Å². The molecule has 0 spiro atoms. The zero-order valence-corrected chi connectivity index (χ0v) is 11.8. The van der Waals surface area contributed by atoms with Crippen LogP contribution in [0.25, 0.3) is 0 Å². The van der Waals surface area contributed by atoms with Gasteiger partial charge in [-0.3, -0.25) is 0 Å². The Balaban J connectivity index is 2.12. The summed E-state index contributed by atoms with van der Waals surface area (Å²) in [6, 6.07) is 2.64. The van der Waals surface area contributed by atoms with E-state index >= 15 is 0 Å². The Hall–Kier alpha value is -1.36. The van der Waals surface area contributed by atoms with Gasteiger partial charge in [0, 0.05) is 31.9 Å². The standard InChI is InChI=1S/C13H23N5/c1-10-9-12(16-13(14-2)15-10)18(4)11-5-7-17(3)8-6-11/h9,11H,5-8H2,1-4H3,(H,14,15,16). The highest BCUT2D eigenvalue weighted by atomic mass is 15.2. The Bertz CT molecular complexity index is 398. The maximum absolute atomic E-state index is 4.54. The van der Waals surface area contributed by atoms with Gasteiger partial charge in [-0.2, -0.15) is 4.98 Å². The van der Waals surface area contributed by atoms with Crippen molar-refractivity contribution in [3.8, 4) is 0 Å². The molecule has 1 aromatic rings. The van der Waals surface area contributed by atoms with E-state index in [1.165, 1.54) is 12.8 Å². The van der Waals surface area contributed by atoms with Gasteiger partial charge in [0.2, 0.25) is 5.95 Å². The number of hydrogen-bond acceptors (Lipinski definition) is 5. The van der Waals surface area contributed by atoms with Crippen LogP contribution in [0, 0.1) is 6.92 Å². The monoisotopic (exact) mass is 249 g/mol. The van der Waals surface area contributed by atoms with Gasteiger partial charge < -0.3 is 15.1 Å². The smallest absolute Gasteiger partial charge is 0.224 e. The molecule has 5 heteroatoms. The van der Waals surface area contributed by atoms with Gasteiger partial charge in [-0.25, -0.2) is 4.98 Å². The third-order valence-electron chi connectivity index (χ3n) is 3.66. The second kappa shape index (κ2) is 5.52. The first kappa shape index (κ1) is 13.1. The molecule has 2 heterocycles. The maximum atomic E-state index is 4.54. The van der Waals surface area contributed by atoms with Crippen molar-refractivity contribution in [2.75, 3.05) is 44.4 Å². The largest absolute Gasteiger partial charge is 0.357 e. The topological polar surface area (TPSA) is 44.3 Å². The molecule has 1 saturated heterocycles. The molecule has 18 heavy (non-hydrogen) atoms. The van der Waals surface area contributed by atoms with Gasteiger partial charge >= 0.3 is 0 Å². The third-order valence-corrected chi connectivity index (χ3v) is 3.66. The van der Waals surface area contributed by atoms with Crippen LogP contribution in [-0.2, 0) is 0 Å². The number of likely N-dealkylation sites (tertiary alicyclic amines) is 1. The zero-order chi connectivity index (χ0) is 13.1. The lowest BCUT2D eigenvalue weighted by Gasteiger charge is -2.35. The quantitative estimate of drug-likeness (QED) is 0.876. The van der Waals surface area contributed by atoms with Crippen LogP contribution in [0.2, 0.25) is 0 Å². The molecule has 0 aromatic carbocycles. The van der Waals surface area contributed by atoms with E-state index in [1.54, 1.807) is 0 Å². The summed E-state index contributed by atoms with van der Waals surface area (Å²) in [5.41, 5.74) is 1.00. The minimum atomic E-state index is 0.584. The number of hydrogen-bond donors (Lipinski definition) is 1. The normalized spacial score (nSPS) is 17.8. The molecule has 100 valence electrons. The van der Waals surface area contributed by atoms with E-state index in [0.717, 1.165) is 24.6 Å². The highest BCUT2D eigenvalue weighted by Gasteiger charge is 2.21. The number of aryl methyl sites for hydroxylation is 1. The molecule has 2 rings (SSSR count). The van der Waals surface area contributed by atoms with Crippen molar-refractivity contribution >= 4 is 11.8 Å². The van der Waals surface area contributed by atoms with Crippen molar-refractivity contribution in [1.29, 1.82) is 0 Å². The van der Waals surface area contributed by atoms with E-state index in [1.807, 2.05) is 14.0 Å². The SMILES string of the molecule is CNc1nc(C)cc(N(C)C2CCN(C)CC2)n1. The number of nitrogens with one attached hydrogen (secondary N) is 1. The summed E-state index contributed by atoms with van der Waals surface area (Å²) in [5, 5.41) is 3.02. The maximum Gasteiger partial charge on any atom is 0.224 e. The van der Waals surface area contributed by atoms with E-state index in [2.05, 4.69) is 45.2 Å². The lowest BCUT2D eigenvalue weighted by Crippen LogP contribution is -2.42. The summed E-state index contributed by atoms with van der Waals surface area (Å²) < 4.78 is 0. The molecular weight excluding hydrogens is 226 g/mol. The van der Waals surface area contributed by atoms with Crippen molar-refractivity contribution in [1.82, 2.24) is 14.9 Å². The number of aromatic nitrogens is 2. The highest BCUT2D eigenvalue weighted by Crippen LogP contribution is 2.21. The van der Waals surface area contributed by atoms with Gasteiger partial charge in [0.1, 0.15) is 5.82 Å². The van der Waals surface area contributed by atoms with Crippen molar-refractivity contribution in [2.24, 2.45) is 0 Å². The summed E-state index contributed by atoms with van der Waals surface area (Å²) in [4.78, 5) is 13.5. The van der Waals surface area contributed by atoms with Crippen molar-refractivity contribution < 1.29 is 0 Å². The number of anilines is 2. The van der Waals surface area contributed by atoms with E-state index in [0.29, 0.717) is 12.0 Å². The van der Waals surface area contributed by atoms with Crippen LogP contribution in [0.3, 0.4) is 0 Å². The van der Waals surface area contributed by atoms with Crippen LogP contribution in [-0.4, -0.2) is 55.1 Å². The minimum Gasteiger partial charge on any atom is -0.357 e. The first-order chi connectivity index (χ1) is 8.60. The average Bonchev–Trinajstić information content (AvgIpc) is 2.38. The molecule has 0 saturated carbocycles. The molecule has 0 amide bonds. The van der Waals surface area contributed by atoms with Gasteiger partial charge in [-0.15, -0.1) is 0 Å². The Morgan fingerprint density at radius 2 is 2.00 bits per heavy atom. The van der Waals surface area contributed by atoms with Crippen LogP contribution in [0.15, 0.2) is 6.07 Å². The Labute approximate surface area is 109 Å². The fourth-order valence-electron chi connectivity index (χ4n) is 2.41. The predicted octanol–water partition coefficient (Wildman–Crippen LogP) is 1.36. The van der Waals surface area contributed by atoms with Gasteiger partial charge in [0.05, 0.1) is 0 Å². The van der Waals surface area contributed by atoms with Crippen molar-refractivity contribution in [3.63, 3.8) is 0 Å². The molecule has 1 aliphatic rings. The lowest BCUT2D eigenvalue weighted by atomic mass is 10.0. The van der Waals surface area contributed by atoms with Crippen molar-refractivity contribution in [2.45, 2.75) is 25.8 Å². The summed E-state index contributed by atoms with van der Waals surface area (Å²) in [5.74, 6) is 1.71. The van der Waals surface area contributed by atoms with E-state index < -0.39 is 0 Å². The Kier molecular flexibility index (Phi) is 4.01. The summed E-state index contributed by atoms with van der Waals surface area (Å²) in [6.07, 6.45) is 2.40. The highest BCUT2D eigenvalue weighted by molar-refractivity contribution is 5.44. The molecule has 5 nitrogen and oxygen atoms in total.